The Balaban J connectivity index is 4.80. The highest BCUT2D eigenvalue weighted by Gasteiger charge is 2.27. The quantitative estimate of drug-likeness (QED) is 0.378. The molecule has 0 rings (SSSR count). The first kappa shape index (κ1) is 22.5. The van der Waals surface area contributed by atoms with Gasteiger partial charge in [0, 0.05) is 0 Å². The van der Waals surface area contributed by atoms with Crippen molar-refractivity contribution in [3.63, 3.8) is 0 Å². The Morgan fingerprint density at radius 2 is 1.67 bits per heavy atom. The largest absolute Gasteiger partial charge is 0.344 e. The zero-order valence-corrected chi connectivity index (χ0v) is 15.3. The van der Waals surface area contributed by atoms with E-state index >= 15 is 0 Å². The lowest BCUT2D eigenvalue weighted by molar-refractivity contribution is -0.130. The van der Waals surface area contributed by atoms with Crippen molar-refractivity contribution in [1.29, 1.82) is 0 Å². The van der Waals surface area contributed by atoms with Crippen LogP contribution in [0.2, 0.25) is 0 Å². The van der Waals surface area contributed by atoms with Crippen molar-refractivity contribution < 1.29 is 14.4 Å². The van der Waals surface area contributed by atoms with Gasteiger partial charge in [-0.05, 0) is 44.1 Å². The van der Waals surface area contributed by atoms with E-state index in [1.165, 1.54) is 0 Å². The van der Waals surface area contributed by atoms with E-state index in [0.29, 0.717) is 19.4 Å². The SMILES string of the molecule is CC(C)C[C@H](NC(=O)[C@@H](N)C(C)C)C(=O)N[C@H]([C]=O)CCCCN. The fourth-order valence-electron chi connectivity index (χ4n) is 2.20. The molecule has 3 atom stereocenters. The van der Waals surface area contributed by atoms with Crippen LogP contribution in [0.25, 0.3) is 0 Å². The molecule has 1 radical (unpaired) electrons. The molecule has 0 aliphatic carbocycles. The van der Waals surface area contributed by atoms with Crippen molar-refractivity contribution in [2.24, 2.45) is 23.3 Å². The number of hydrogen-bond donors (Lipinski definition) is 4. The highest BCUT2D eigenvalue weighted by atomic mass is 16.2. The molecule has 0 unspecified atom stereocenters. The Hall–Kier alpha value is -1.47. The Morgan fingerprint density at radius 1 is 1.04 bits per heavy atom. The zero-order chi connectivity index (χ0) is 18.7. The molecule has 0 heterocycles. The van der Waals surface area contributed by atoms with E-state index in [-0.39, 0.29) is 23.7 Å². The van der Waals surface area contributed by atoms with Crippen LogP contribution in [0.4, 0.5) is 0 Å². The molecule has 7 heteroatoms. The van der Waals surface area contributed by atoms with Crippen LogP contribution in [0.5, 0.6) is 0 Å². The fraction of sp³-hybridized carbons (Fsp3) is 0.824. The van der Waals surface area contributed by atoms with Crippen LogP contribution in [0.1, 0.15) is 53.4 Å². The van der Waals surface area contributed by atoms with Crippen molar-refractivity contribution in [2.75, 3.05) is 6.54 Å². The Morgan fingerprint density at radius 3 is 2.12 bits per heavy atom. The number of hydrogen-bond acceptors (Lipinski definition) is 5. The number of nitrogens with one attached hydrogen (secondary N) is 2. The maximum atomic E-state index is 12.4. The van der Waals surface area contributed by atoms with Gasteiger partial charge in [0.25, 0.3) is 0 Å². The summed E-state index contributed by atoms with van der Waals surface area (Å²) in [6.45, 7) is 8.14. The third kappa shape index (κ3) is 8.98. The summed E-state index contributed by atoms with van der Waals surface area (Å²) in [5.41, 5.74) is 11.3. The molecular formula is C17H33N4O3. The lowest BCUT2D eigenvalue weighted by atomic mass is 10.00. The first-order valence-corrected chi connectivity index (χ1v) is 8.66. The van der Waals surface area contributed by atoms with Gasteiger partial charge in [0.15, 0.2) is 0 Å². The molecule has 0 aliphatic heterocycles. The molecule has 0 spiro atoms. The summed E-state index contributed by atoms with van der Waals surface area (Å²) in [5, 5.41) is 5.35. The van der Waals surface area contributed by atoms with Crippen LogP contribution in [-0.2, 0) is 14.4 Å². The number of rotatable bonds is 12. The van der Waals surface area contributed by atoms with Gasteiger partial charge in [-0.15, -0.1) is 0 Å². The maximum Gasteiger partial charge on any atom is 0.243 e. The summed E-state index contributed by atoms with van der Waals surface area (Å²) in [4.78, 5) is 35.6. The molecule has 0 saturated heterocycles. The predicted molar refractivity (Wildman–Crippen MR) is 94.7 cm³/mol. The second kappa shape index (κ2) is 12.0. The van der Waals surface area contributed by atoms with E-state index in [1.807, 2.05) is 34.0 Å². The van der Waals surface area contributed by atoms with E-state index in [4.69, 9.17) is 11.5 Å². The highest BCUT2D eigenvalue weighted by molar-refractivity contribution is 5.90. The zero-order valence-electron chi connectivity index (χ0n) is 15.3. The molecule has 0 aromatic carbocycles. The van der Waals surface area contributed by atoms with Gasteiger partial charge in [0.05, 0.1) is 12.1 Å². The van der Waals surface area contributed by atoms with Gasteiger partial charge in [-0.25, -0.2) is 0 Å². The van der Waals surface area contributed by atoms with E-state index in [2.05, 4.69) is 10.6 Å². The van der Waals surface area contributed by atoms with Crippen molar-refractivity contribution >= 4 is 18.1 Å². The Bertz CT molecular complexity index is 399. The molecule has 6 N–H and O–H groups in total. The van der Waals surface area contributed by atoms with Gasteiger partial charge in [-0.2, -0.15) is 0 Å². The number of carbonyl (C=O) groups is 2. The summed E-state index contributed by atoms with van der Waals surface area (Å²) < 4.78 is 0. The topological polar surface area (TPSA) is 127 Å². The van der Waals surface area contributed by atoms with Gasteiger partial charge in [0.1, 0.15) is 6.04 Å². The molecule has 0 aliphatic rings. The molecule has 0 bridgehead atoms. The third-order valence-electron chi connectivity index (χ3n) is 3.77. The number of carbonyl (C=O) groups excluding carboxylic acids is 3. The molecule has 2 amide bonds. The monoisotopic (exact) mass is 341 g/mol. The first-order chi connectivity index (χ1) is 11.2. The number of unbranched alkanes of at least 4 members (excludes halogenated alkanes) is 1. The third-order valence-corrected chi connectivity index (χ3v) is 3.77. The average molecular weight is 341 g/mol. The second-order valence-corrected chi connectivity index (χ2v) is 6.92. The summed E-state index contributed by atoms with van der Waals surface area (Å²) in [7, 11) is 0. The van der Waals surface area contributed by atoms with Gasteiger partial charge >= 0.3 is 0 Å². The maximum absolute atomic E-state index is 12.4. The lowest BCUT2D eigenvalue weighted by Crippen LogP contribution is -2.54. The van der Waals surface area contributed by atoms with Crippen LogP contribution in [0, 0.1) is 11.8 Å². The van der Waals surface area contributed by atoms with E-state index in [9.17, 15) is 14.4 Å². The summed E-state index contributed by atoms with van der Waals surface area (Å²) in [5.74, 6) is -0.568. The van der Waals surface area contributed by atoms with E-state index in [0.717, 1.165) is 12.8 Å². The lowest BCUT2D eigenvalue weighted by Gasteiger charge is -2.24. The molecule has 24 heavy (non-hydrogen) atoms. The standard InChI is InChI=1S/C17H33N4O3/c1-11(2)9-14(21-17(24)15(19)12(3)4)16(23)20-13(10-22)7-5-6-8-18/h11-15H,5-9,18-19H2,1-4H3,(H,20,23)(H,21,24)/t13-,14-,15-/m0/s1. The highest BCUT2D eigenvalue weighted by Crippen LogP contribution is 2.08. The van der Waals surface area contributed by atoms with Crippen LogP contribution in [0.15, 0.2) is 0 Å². The van der Waals surface area contributed by atoms with Gasteiger partial charge in [0.2, 0.25) is 18.1 Å². The predicted octanol–water partition coefficient (Wildman–Crippen LogP) is 0.224. The van der Waals surface area contributed by atoms with Gasteiger partial charge in [-0.1, -0.05) is 27.7 Å². The van der Waals surface area contributed by atoms with Gasteiger partial charge < -0.3 is 22.1 Å². The minimum absolute atomic E-state index is 0.0277. The number of nitrogens with two attached hydrogens (primary N) is 2. The number of amides is 2. The van der Waals surface area contributed by atoms with Crippen molar-refractivity contribution in [3.05, 3.63) is 0 Å². The molecular weight excluding hydrogens is 308 g/mol. The van der Waals surface area contributed by atoms with Crippen molar-refractivity contribution in [2.45, 2.75) is 71.5 Å². The van der Waals surface area contributed by atoms with Crippen LogP contribution in [-0.4, -0.2) is 42.8 Å². The fourth-order valence-corrected chi connectivity index (χ4v) is 2.20. The van der Waals surface area contributed by atoms with Crippen molar-refractivity contribution in [3.8, 4) is 0 Å². The molecule has 139 valence electrons. The summed E-state index contributed by atoms with van der Waals surface area (Å²) in [6.07, 6.45) is 4.30. The van der Waals surface area contributed by atoms with E-state index < -0.39 is 18.1 Å². The normalized spacial score (nSPS) is 15.0. The van der Waals surface area contributed by atoms with Crippen molar-refractivity contribution in [1.82, 2.24) is 10.6 Å². The molecule has 0 fully saturated rings. The summed E-state index contributed by atoms with van der Waals surface area (Å²) >= 11 is 0. The molecule has 0 aromatic heterocycles. The van der Waals surface area contributed by atoms with Gasteiger partial charge in [-0.3, -0.25) is 14.4 Å². The Labute approximate surface area is 145 Å². The van der Waals surface area contributed by atoms with Crippen LogP contribution < -0.4 is 22.1 Å². The molecule has 7 nitrogen and oxygen atoms in total. The second-order valence-electron chi connectivity index (χ2n) is 6.92. The molecule has 0 saturated carbocycles. The minimum Gasteiger partial charge on any atom is -0.344 e. The minimum atomic E-state index is -0.715. The molecule has 0 aromatic rings. The van der Waals surface area contributed by atoms with Crippen LogP contribution >= 0.6 is 0 Å². The van der Waals surface area contributed by atoms with E-state index in [1.54, 1.807) is 0 Å². The average Bonchev–Trinajstić information content (AvgIpc) is 2.51. The Kier molecular flexibility index (Phi) is 11.2. The smallest absolute Gasteiger partial charge is 0.243 e. The van der Waals surface area contributed by atoms with Crippen LogP contribution in [0.3, 0.4) is 0 Å². The first-order valence-electron chi connectivity index (χ1n) is 8.66. The summed E-state index contributed by atoms with van der Waals surface area (Å²) in [6, 6.07) is -2.08.